The molecule has 3 nitrogen and oxygen atoms in total. The van der Waals surface area contributed by atoms with Gasteiger partial charge in [0.2, 0.25) is 5.91 Å². The molecule has 1 amide bonds. The lowest BCUT2D eigenvalue weighted by Gasteiger charge is -2.19. The smallest absolute Gasteiger partial charge is 0.236 e. The highest BCUT2D eigenvalue weighted by atomic mass is 16.2. The van der Waals surface area contributed by atoms with Gasteiger partial charge in [0, 0.05) is 6.54 Å². The maximum atomic E-state index is 11.4. The molecule has 0 fully saturated rings. The molecule has 0 aliphatic rings. The van der Waals surface area contributed by atoms with Crippen molar-refractivity contribution in [2.24, 2.45) is 11.8 Å². The summed E-state index contributed by atoms with van der Waals surface area (Å²) in [5, 5.41) is 6.03. The third-order valence-electron chi connectivity index (χ3n) is 2.63. The minimum Gasteiger partial charge on any atom is -0.355 e. The second kappa shape index (κ2) is 6.82. The van der Waals surface area contributed by atoms with E-state index in [9.17, 15) is 4.79 Å². The first kappa shape index (κ1) is 13.4. The predicted octanol–water partition coefficient (Wildman–Crippen LogP) is 1.39. The van der Waals surface area contributed by atoms with E-state index < -0.39 is 0 Å². The molecule has 0 heterocycles. The van der Waals surface area contributed by atoms with Gasteiger partial charge < -0.3 is 10.6 Å². The normalized spacial score (nSPS) is 15.3. The number of hydrogen-bond acceptors (Lipinski definition) is 2. The van der Waals surface area contributed by atoms with E-state index in [-0.39, 0.29) is 11.9 Å². The van der Waals surface area contributed by atoms with Crippen molar-refractivity contribution in [2.45, 2.75) is 40.7 Å². The van der Waals surface area contributed by atoms with Crippen LogP contribution in [0.3, 0.4) is 0 Å². The molecular formula is C11H24N2O. The van der Waals surface area contributed by atoms with Crippen LogP contribution in [0.1, 0.15) is 34.6 Å². The van der Waals surface area contributed by atoms with Crippen LogP contribution in [0.5, 0.6) is 0 Å². The molecule has 0 saturated carbocycles. The predicted molar refractivity (Wildman–Crippen MR) is 60.2 cm³/mol. The van der Waals surface area contributed by atoms with Crippen molar-refractivity contribution in [1.82, 2.24) is 10.6 Å². The summed E-state index contributed by atoms with van der Waals surface area (Å²) in [4.78, 5) is 11.4. The molecule has 0 aliphatic carbocycles. The van der Waals surface area contributed by atoms with Crippen LogP contribution in [-0.4, -0.2) is 25.0 Å². The molecule has 0 radical (unpaired) electrons. The lowest BCUT2D eigenvalue weighted by atomic mass is 9.98. The van der Waals surface area contributed by atoms with Gasteiger partial charge in [-0.25, -0.2) is 0 Å². The van der Waals surface area contributed by atoms with Crippen LogP contribution < -0.4 is 10.6 Å². The number of rotatable bonds is 6. The molecule has 14 heavy (non-hydrogen) atoms. The van der Waals surface area contributed by atoms with E-state index >= 15 is 0 Å². The summed E-state index contributed by atoms with van der Waals surface area (Å²) in [5.74, 6) is 1.35. The zero-order valence-corrected chi connectivity index (χ0v) is 10.1. The van der Waals surface area contributed by atoms with E-state index in [1.165, 1.54) is 0 Å². The average molecular weight is 200 g/mol. The highest BCUT2D eigenvalue weighted by Gasteiger charge is 2.13. The zero-order chi connectivity index (χ0) is 11.1. The highest BCUT2D eigenvalue weighted by Crippen LogP contribution is 2.07. The molecule has 0 saturated heterocycles. The minimum atomic E-state index is -0.0869. The molecule has 0 aromatic heterocycles. The van der Waals surface area contributed by atoms with Crippen LogP contribution in [0.2, 0.25) is 0 Å². The maximum absolute atomic E-state index is 11.4. The van der Waals surface area contributed by atoms with Crippen molar-refractivity contribution >= 4 is 5.91 Å². The number of likely N-dealkylation sites (N-methyl/N-ethyl adjacent to an activating group) is 1. The molecule has 0 aromatic rings. The van der Waals surface area contributed by atoms with Crippen LogP contribution in [0.25, 0.3) is 0 Å². The Morgan fingerprint density at radius 3 is 2.21 bits per heavy atom. The van der Waals surface area contributed by atoms with E-state index in [4.69, 9.17) is 0 Å². The Bertz CT molecular complexity index is 169. The third-order valence-corrected chi connectivity index (χ3v) is 2.63. The van der Waals surface area contributed by atoms with Gasteiger partial charge in [0.05, 0.1) is 6.04 Å². The number of carbonyl (C=O) groups is 1. The van der Waals surface area contributed by atoms with Crippen molar-refractivity contribution in [2.75, 3.05) is 13.1 Å². The molecule has 2 unspecified atom stereocenters. The van der Waals surface area contributed by atoms with Gasteiger partial charge in [-0.3, -0.25) is 4.79 Å². The number of nitrogens with one attached hydrogen (secondary N) is 2. The Kier molecular flexibility index (Phi) is 6.54. The van der Waals surface area contributed by atoms with Gasteiger partial charge in [-0.15, -0.1) is 0 Å². The monoisotopic (exact) mass is 200 g/mol. The molecule has 2 atom stereocenters. The second-order valence-corrected chi connectivity index (χ2v) is 4.25. The molecule has 0 bridgehead atoms. The SMILES string of the molecule is CCNC(=O)C(C)NCC(C)C(C)C. The lowest BCUT2D eigenvalue weighted by molar-refractivity contribution is -0.122. The van der Waals surface area contributed by atoms with E-state index in [1.807, 2.05) is 13.8 Å². The first-order valence-electron chi connectivity index (χ1n) is 5.50. The molecule has 3 heteroatoms. The second-order valence-electron chi connectivity index (χ2n) is 4.25. The third kappa shape index (κ3) is 5.22. The fourth-order valence-corrected chi connectivity index (χ4v) is 1.02. The van der Waals surface area contributed by atoms with Gasteiger partial charge in [0.25, 0.3) is 0 Å². The first-order valence-corrected chi connectivity index (χ1v) is 5.50. The first-order chi connectivity index (χ1) is 6.49. The fraction of sp³-hybridized carbons (Fsp3) is 0.909. The molecule has 0 spiro atoms. The van der Waals surface area contributed by atoms with Gasteiger partial charge in [0.1, 0.15) is 0 Å². The zero-order valence-electron chi connectivity index (χ0n) is 10.1. The Labute approximate surface area is 87.6 Å². The van der Waals surface area contributed by atoms with Crippen LogP contribution in [0.15, 0.2) is 0 Å². The van der Waals surface area contributed by atoms with Gasteiger partial charge >= 0.3 is 0 Å². The Balaban J connectivity index is 3.72. The van der Waals surface area contributed by atoms with E-state index in [0.29, 0.717) is 18.4 Å². The van der Waals surface area contributed by atoms with Crippen molar-refractivity contribution < 1.29 is 4.79 Å². The van der Waals surface area contributed by atoms with Gasteiger partial charge in [-0.2, -0.15) is 0 Å². The topological polar surface area (TPSA) is 41.1 Å². The van der Waals surface area contributed by atoms with Gasteiger partial charge in [-0.1, -0.05) is 20.8 Å². The summed E-state index contributed by atoms with van der Waals surface area (Å²) in [5.41, 5.74) is 0. The van der Waals surface area contributed by atoms with E-state index in [1.54, 1.807) is 0 Å². The molecule has 2 N–H and O–H groups in total. The quantitative estimate of drug-likeness (QED) is 0.680. The molecule has 0 rings (SSSR count). The Morgan fingerprint density at radius 1 is 1.21 bits per heavy atom. The molecule has 84 valence electrons. The van der Waals surface area contributed by atoms with Crippen LogP contribution in [-0.2, 0) is 4.79 Å². The number of hydrogen-bond donors (Lipinski definition) is 2. The van der Waals surface area contributed by atoms with Crippen LogP contribution in [0, 0.1) is 11.8 Å². The molecular weight excluding hydrogens is 176 g/mol. The van der Waals surface area contributed by atoms with Crippen molar-refractivity contribution in [3.05, 3.63) is 0 Å². The standard InChI is InChI=1S/C11H24N2O/c1-6-12-11(14)10(5)13-7-9(4)8(2)3/h8-10,13H,6-7H2,1-5H3,(H,12,14). The van der Waals surface area contributed by atoms with Crippen molar-refractivity contribution in [3.63, 3.8) is 0 Å². The minimum absolute atomic E-state index is 0.0865. The van der Waals surface area contributed by atoms with Gasteiger partial charge in [0.15, 0.2) is 0 Å². The number of amides is 1. The number of carbonyl (C=O) groups excluding carboxylic acids is 1. The largest absolute Gasteiger partial charge is 0.355 e. The average Bonchev–Trinajstić information content (AvgIpc) is 2.13. The van der Waals surface area contributed by atoms with Gasteiger partial charge in [-0.05, 0) is 32.2 Å². The summed E-state index contributed by atoms with van der Waals surface area (Å²) < 4.78 is 0. The van der Waals surface area contributed by atoms with Crippen LogP contribution >= 0.6 is 0 Å². The fourth-order valence-electron chi connectivity index (χ4n) is 1.02. The lowest BCUT2D eigenvalue weighted by Crippen LogP contribution is -2.43. The van der Waals surface area contributed by atoms with E-state index in [2.05, 4.69) is 31.4 Å². The summed E-state index contributed by atoms with van der Waals surface area (Å²) in [6.07, 6.45) is 0. The molecule has 0 aliphatic heterocycles. The maximum Gasteiger partial charge on any atom is 0.236 e. The summed E-state index contributed by atoms with van der Waals surface area (Å²) in [6, 6.07) is -0.0869. The van der Waals surface area contributed by atoms with E-state index in [0.717, 1.165) is 6.54 Å². The van der Waals surface area contributed by atoms with Crippen molar-refractivity contribution in [1.29, 1.82) is 0 Å². The Hall–Kier alpha value is -0.570. The highest BCUT2D eigenvalue weighted by molar-refractivity contribution is 5.81. The summed E-state index contributed by atoms with van der Waals surface area (Å²) in [7, 11) is 0. The van der Waals surface area contributed by atoms with Crippen molar-refractivity contribution in [3.8, 4) is 0 Å². The van der Waals surface area contributed by atoms with Crippen LogP contribution in [0.4, 0.5) is 0 Å². The summed E-state index contributed by atoms with van der Waals surface area (Å²) in [6.45, 7) is 12.0. The molecule has 0 aromatic carbocycles. The summed E-state index contributed by atoms with van der Waals surface area (Å²) >= 11 is 0. The Morgan fingerprint density at radius 2 is 1.79 bits per heavy atom.